The molecule has 0 aliphatic heterocycles. The minimum absolute atomic E-state index is 0.208. The van der Waals surface area contributed by atoms with Gasteiger partial charge in [-0.25, -0.2) is 4.98 Å². The van der Waals surface area contributed by atoms with Gasteiger partial charge in [-0.05, 0) is 49.7 Å². The minimum atomic E-state index is -0.208. The molecule has 1 N–H and O–H groups in total. The van der Waals surface area contributed by atoms with Crippen molar-refractivity contribution < 1.29 is 14.1 Å². The SMILES string of the molecule is COc1ccc(NC(=O)c2cccnc2SCc2c(C)noc2C)cc1Cc1ccccc1. The summed E-state index contributed by atoms with van der Waals surface area (Å²) >= 11 is 1.49. The summed E-state index contributed by atoms with van der Waals surface area (Å²) in [6, 6.07) is 19.4. The third-order valence-corrected chi connectivity index (χ3v) is 6.36. The third kappa shape index (κ3) is 5.43. The number of nitrogens with one attached hydrogen (secondary N) is 1. The van der Waals surface area contributed by atoms with Crippen LogP contribution in [0.25, 0.3) is 0 Å². The Hall–Kier alpha value is -3.58. The zero-order valence-corrected chi connectivity index (χ0v) is 19.6. The van der Waals surface area contributed by atoms with Crippen LogP contribution in [0.5, 0.6) is 5.75 Å². The average Bonchev–Trinajstić information content (AvgIpc) is 3.15. The summed E-state index contributed by atoms with van der Waals surface area (Å²) in [5.74, 6) is 1.99. The molecule has 4 aromatic rings. The van der Waals surface area contributed by atoms with E-state index in [0.29, 0.717) is 28.5 Å². The smallest absolute Gasteiger partial charge is 0.258 e. The van der Waals surface area contributed by atoms with E-state index in [1.807, 2.05) is 50.2 Å². The lowest BCUT2D eigenvalue weighted by molar-refractivity contribution is 0.102. The molecule has 2 heterocycles. The molecule has 0 bridgehead atoms. The van der Waals surface area contributed by atoms with Crippen molar-refractivity contribution in [1.82, 2.24) is 10.1 Å². The maximum Gasteiger partial charge on any atom is 0.258 e. The van der Waals surface area contributed by atoms with Crippen molar-refractivity contribution in [1.29, 1.82) is 0 Å². The molecule has 4 rings (SSSR count). The number of ether oxygens (including phenoxy) is 1. The van der Waals surface area contributed by atoms with Gasteiger partial charge in [0, 0.05) is 35.2 Å². The van der Waals surface area contributed by atoms with E-state index in [0.717, 1.165) is 28.3 Å². The van der Waals surface area contributed by atoms with Gasteiger partial charge in [-0.3, -0.25) is 4.79 Å². The minimum Gasteiger partial charge on any atom is -0.496 e. The van der Waals surface area contributed by atoms with Gasteiger partial charge in [0.2, 0.25) is 0 Å². The summed E-state index contributed by atoms with van der Waals surface area (Å²) in [4.78, 5) is 17.6. The Kier molecular flexibility index (Phi) is 7.10. The van der Waals surface area contributed by atoms with E-state index in [-0.39, 0.29) is 5.91 Å². The Morgan fingerprint density at radius 1 is 1.09 bits per heavy atom. The number of nitrogens with zero attached hydrogens (tertiary/aromatic N) is 2. The molecule has 7 heteroatoms. The van der Waals surface area contributed by atoms with E-state index in [4.69, 9.17) is 9.26 Å². The maximum absolute atomic E-state index is 13.1. The first kappa shape index (κ1) is 22.6. The summed E-state index contributed by atoms with van der Waals surface area (Å²) in [5, 5.41) is 7.67. The molecule has 33 heavy (non-hydrogen) atoms. The van der Waals surface area contributed by atoms with Crippen LogP contribution in [0.2, 0.25) is 0 Å². The fourth-order valence-electron chi connectivity index (χ4n) is 3.54. The van der Waals surface area contributed by atoms with Crippen molar-refractivity contribution in [3.8, 4) is 5.75 Å². The van der Waals surface area contributed by atoms with E-state index < -0.39 is 0 Å². The zero-order valence-electron chi connectivity index (χ0n) is 18.8. The summed E-state index contributed by atoms with van der Waals surface area (Å²) in [6.45, 7) is 3.80. The molecule has 0 saturated carbocycles. The molecule has 0 spiro atoms. The summed E-state index contributed by atoms with van der Waals surface area (Å²) in [7, 11) is 1.65. The number of hydrogen-bond acceptors (Lipinski definition) is 6. The number of carbonyl (C=O) groups is 1. The second kappa shape index (κ2) is 10.4. The van der Waals surface area contributed by atoms with E-state index >= 15 is 0 Å². The molecular formula is C26H25N3O3S. The van der Waals surface area contributed by atoms with Crippen LogP contribution < -0.4 is 10.1 Å². The van der Waals surface area contributed by atoms with Crippen LogP contribution in [0, 0.1) is 13.8 Å². The fraction of sp³-hybridized carbons (Fsp3) is 0.192. The normalized spacial score (nSPS) is 10.8. The molecule has 0 aliphatic rings. The standard InChI is InChI=1S/C26H25N3O3S/c1-17-23(18(2)32-29-17)16-33-26-22(10-7-13-27-26)25(30)28-21-11-12-24(31-3)20(15-21)14-19-8-5-4-6-9-19/h4-13,15H,14,16H2,1-3H3,(H,28,30). The first-order valence-electron chi connectivity index (χ1n) is 10.6. The Balaban J connectivity index is 1.52. The first-order valence-corrected chi connectivity index (χ1v) is 11.6. The number of thioether (sulfide) groups is 1. The molecule has 0 radical (unpaired) electrons. The quantitative estimate of drug-likeness (QED) is 0.334. The van der Waals surface area contributed by atoms with Crippen molar-refractivity contribution in [2.24, 2.45) is 0 Å². The Bertz CT molecular complexity index is 1240. The van der Waals surface area contributed by atoms with Gasteiger partial charge in [-0.15, -0.1) is 11.8 Å². The number of anilines is 1. The maximum atomic E-state index is 13.1. The second-order valence-corrected chi connectivity index (χ2v) is 8.55. The number of benzene rings is 2. The van der Waals surface area contributed by atoms with Crippen molar-refractivity contribution >= 4 is 23.4 Å². The van der Waals surface area contributed by atoms with E-state index in [1.54, 1.807) is 25.4 Å². The summed E-state index contributed by atoms with van der Waals surface area (Å²) < 4.78 is 10.8. The molecule has 6 nitrogen and oxygen atoms in total. The topological polar surface area (TPSA) is 77.2 Å². The lowest BCUT2D eigenvalue weighted by Crippen LogP contribution is -2.14. The summed E-state index contributed by atoms with van der Waals surface area (Å²) in [5.41, 5.74) is 5.28. The molecule has 2 aromatic carbocycles. The van der Waals surface area contributed by atoms with Crippen molar-refractivity contribution in [2.75, 3.05) is 12.4 Å². The van der Waals surface area contributed by atoms with Crippen LogP contribution in [0.4, 0.5) is 5.69 Å². The lowest BCUT2D eigenvalue weighted by Gasteiger charge is -2.13. The van der Waals surface area contributed by atoms with Crippen LogP contribution in [0.3, 0.4) is 0 Å². The number of methoxy groups -OCH3 is 1. The average molecular weight is 460 g/mol. The molecule has 1 amide bonds. The highest BCUT2D eigenvalue weighted by Crippen LogP contribution is 2.29. The Labute approximate surface area is 197 Å². The molecule has 0 unspecified atom stereocenters. The van der Waals surface area contributed by atoms with Crippen LogP contribution in [-0.4, -0.2) is 23.2 Å². The number of carbonyl (C=O) groups excluding carboxylic acids is 1. The molecule has 0 atom stereocenters. The monoisotopic (exact) mass is 459 g/mol. The van der Waals surface area contributed by atoms with Gasteiger partial charge in [-0.1, -0.05) is 35.5 Å². The number of amides is 1. The number of hydrogen-bond donors (Lipinski definition) is 1. The number of pyridine rings is 1. The first-order chi connectivity index (χ1) is 16.0. The van der Waals surface area contributed by atoms with E-state index in [2.05, 4.69) is 27.6 Å². The van der Waals surface area contributed by atoms with Gasteiger partial charge in [0.1, 0.15) is 16.5 Å². The van der Waals surface area contributed by atoms with Crippen LogP contribution in [0.15, 0.2) is 76.4 Å². The highest BCUT2D eigenvalue weighted by Gasteiger charge is 2.16. The molecule has 0 aliphatic carbocycles. The van der Waals surface area contributed by atoms with Crippen molar-refractivity contribution in [2.45, 2.75) is 31.0 Å². The third-order valence-electron chi connectivity index (χ3n) is 5.33. The molecular weight excluding hydrogens is 434 g/mol. The number of rotatable bonds is 8. The van der Waals surface area contributed by atoms with Gasteiger partial charge in [0.25, 0.3) is 5.91 Å². The predicted molar refractivity (Wildman–Crippen MR) is 130 cm³/mol. The van der Waals surface area contributed by atoms with Crippen molar-refractivity contribution in [3.05, 3.63) is 101 Å². The molecule has 0 fully saturated rings. The fourth-order valence-corrected chi connectivity index (χ4v) is 4.68. The largest absolute Gasteiger partial charge is 0.496 e. The Morgan fingerprint density at radius 2 is 1.91 bits per heavy atom. The lowest BCUT2D eigenvalue weighted by atomic mass is 10.0. The van der Waals surface area contributed by atoms with Gasteiger partial charge in [0.15, 0.2) is 0 Å². The highest BCUT2D eigenvalue weighted by molar-refractivity contribution is 7.98. The van der Waals surface area contributed by atoms with Crippen LogP contribution >= 0.6 is 11.8 Å². The van der Waals surface area contributed by atoms with Gasteiger partial charge >= 0.3 is 0 Å². The van der Waals surface area contributed by atoms with Crippen LogP contribution in [-0.2, 0) is 12.2 Å². The molecule has 2 aromatic heterocycles. The van der Waals surface area contributed by atoms with Crippen LogP contribution in [0.1, 0.15) is 38.5 Å². The van der Waals surface area contributed by atoms with Gasteiger partial charge < -0.3 is 14.6 Å². The van der Waals surface area contributed by atoms with E-state index in [9.17, 15) is 4.79 Å². The van der Waals surface area contributed by atoms with Crippen molar-refractivity contribution in [3.63, 3.8) is 0 Å². The molecule has 168 valence electrons. The second-order valence-electron chi connectivity index (χ2n) is 7.59. The van der Waals surface area contributed by atoms with Gasteiger partial charge in [0.05, 0.1) is 18.4 Å². The number of aromatic nitrogens is 2. The summed E-state index contributed by atoms with van der Waals surface area (Å²) in [6.07, 6.45) is 2.40. The predicted octanol–water partition coefficient (Wildman–Crippen LogP) is 5.83. The zero-order chi connectivity index (χ0) is 23.2. The van der Waals surface area contributed by atoms with E-state index in [1.165, 1.54) is 17.3 Å². The number of aryl methyl sites for hydroxylation is 2. The Morgan fingerprint density at radius 3 is 2.64 bits per heavy atom. The van der Waals surface area contributed by atoms with Gasteiger partial charge in [-0.2, -0.15) is 0 Å². The molecule has 0 saturated heterocycles. The highest BCUT2D eigenvalue weighted by atomic mass is 32.2.